The molecule has 1 N–H and O–H groups in total. The third-order valence-electron chi connectivity index (χ3n) is 4.61. The van der Waals surface area contributed by atoms with E-state index in [2.05, 4.69) is 4.99 Å². The van der Waals surface area contributed by atoms with Gasteiger partial charge in [-0.15, -0.1) is 0 Å². The van der Waals surface area contributed by atoms with Crippen molar-refractivity contribution in [3.05, 3.63) is 56.9 Å². The van der Waals surface area contributed by atoms with E-state index in [0.29, 0.717) is 0 Å². The van der Waals surface area contributed by atoms with Gasteiger partial charge in [0.05, 0.1) is 28.8 Å². The number of halogens is 2. The molecule has 2 heterocycles. The number of aliphatic imine (C=N–C) groups is 1. The van der Waals surface area contributed by atoms with Gasteiger partial charge in [-0.3, -0.25) is 14.4 Å². The van der Waals surface area contributed by atoms with Crippen molar-refractivity contribution >= 4 is 21.7 Å². The van der Waals surface area contributed by atoms with Crippen LogP contribution in [0.3, 0.4) is 0 Å². The summed E-state index contributed by atoms with van der Waals surface area (Å²) in [4.78, 5) is 16.6. The summed E-state index contributed by atoms with van der Waals surface area (Å²) in [5.41, 5.74) is -0.825. The van der Waals surface area contributed by atoms with E-state index in [-0.39, 0.29) is 40.3 Å². The average Bonchev–Trinajstić information content (AvgIpc) is 2.97. The summed E-state index contributed by atoms with van der Waals surface area (Å²) in [6.07, 6.45) is 1.25. The van der Waals surface area contributed by atoms with Gasteiger partial charge in [0.1, 0.15) is 11.6 Å². The minimum absolute atomic E-state index is 0.0187. The Morgan fingerprint density at radius 3 is 2.64 bits per heavy atom. The quantitative estimate of drug-likeness (QED) is 0.783. The molecule has 1 aromatic heterocycles. The van der Waals surface area contributed by atoms with Crippen LogP contribution < -0.4 is 5.56 Å². The molecule has 0 bridgehead atoms. The number of aromatic nitrogens is 1. The maximum absolute atomic E-state index is 13.3. The van der Waals surface area contributed by atoms with Crippen molar-refractivity contribution in [2.45, 2.75) is 19.4 Å². The standard InChI is InChI=1S/C18H15F2N3O4S/c1-10-13(7-21)17(24)23(12-4-5-28(26,27)9-12)18(25)14(10)8-22-11-2-3-15(19)16(20)6-11/h2-3,6,8,12,25H,4-5,9H2,1H3. The van der Waals surface area contributed by atoms with Crippen molar-refractivity contribution in [3.8, 4) is 11.9 Å². The van der Waals surface area contributed by atoms with Gasteiger partial charge in [0.15, 0.2) is 21.5 Å². The summed E-state index contributed by atoms with van der Waals surface area (Å²) < 4.78 is 50.8. The Hall–Kier alpha value is -3.06. The van der Waals surface area contributed by atoms with Crippen LogP contribution in [-0.4, -0.2) is 35.8 Å². The SMILES string of the molecule is Cc1c(C=Nc2ccc(F)c(F)c2)c(O)n(C2CCS(=O)(=O)C2)c(=O)c1C#N. The van der Waals surface area contributed by atoms with Crippen LogP contribution in [0, 0.1) is 29.9 Å². The van der Waals surface area contributed by atoms with Gasteiger partial charge in [0, 0.05) is 12.3 Å². The maximum Gasteiger partial charge on any atom is 0.271 e. The number of aromatic hydroxyl groups is 1. The molecule has 10 heteroatoms. The summed E-state index contributed by atoms with van der Waals surface area (Å²) in [5.74, 6) is -3.13. The second-order valence-electron chi connectivity index (χ2n) is 6.44. The lowest BCUT2D eigenvalue weighted by molar-refractivity contribution is 0.379. The Morgan fingerprint density at radius 1 is 1.36 bits per heavy atom. The maximum atomic E-state index is 13.3. The van der Waals surface area contributed by atoms with E-state index in [0.717, 1.165) is 22.9 Å². The molecular formula is C18H15F2N3O4S. The minimum atomic E-state index is -3.35. The van der Waals surface area contributed by atoms with Gasteiger partial charge in [-0.2, -0.15) is 5.26 Å². The molecule has 1 aliphatic heterocycles. The van der Waals surface area contributed by atoms with E-state index in [4.69, 9.17) is 0 Å². The van der Waals surface area contributed by atoms with Crippen LogP contribution in [0.4, 0.5) is 14.5 Å². The second-order valence-corrected chi connectivity index (χ2v) is 8.67. The van der Waals surface area contributed by atoms with Crippen LogP contribution >= 0.6 is 0 Å². The Bertz CT molecular complexity index is 1200. The molecule has 7 nitrogen and oxygen atoms in total. The van der Waals surface area contributed by atoms with E-state index >= 15 is 0 Å². The predicted molar refractivity (Wildman–Crippen MR) is 97.7 cm³/mol. The van der Waals surface area contributed by atoms with E-state index < -0.39 is 39.0 Å². The largest absolute Gasteiger partial charge is 0.494 e. The van der Waals surface area contributed by atoms with Gasteiger partial charge in [-0.1, -0.05) is 0 Å². The second kappa shape index (κ2) is 7.16. The molecule has 0 saturated carbocycles. The first-order valence-electron chi connectivity index (χ1n) is 8.22. The number of rotatable bonds is 3. The lowest BCUT2D eigenvalue weighted by Gasteiger charge is -2.18. The first-order chi connectivity index (χ1) is 13.1. The van der Waals surface area contributed by atoms with Gasteiger partial charge in [0.25, 0.3) is 5.56 Å². The molecule has 146 valence electrons. The predicted octanol–water partition coefficient (Wildman–Crippen LogP) is 2.12. The number of nitriles is 1. The van der Waals surface area contributed by atoms with Crippen LogP contribution in [0.15, 0.2) is 28.0 Å². The number of hydrogen-bond acceptors (Lipinski definition) is 6. The highest BCUT2D eigenvalue weighted by Gasteiger charge is 2.33. The number of pyridine rings is 1. The summed E-state index contributed by atoms with van der Waals surface area (Å²) in [6, 6.07) is 3.91. The Balaban J connectivity index is 2.14. The van der Waals surface area contributed by atoms with Crippen molar-refractivity contribution in [3.63, 3.8) is 0 Å². The van der Waals surface area contributed by atoms with Crippen LogP contribution in [0.1, 0.15) is 29.2 Å². The Labute approximate surface area is 159 Å². The smallest absolute Gasteiger partial charge is 0.271 e. The molecule has 1 unspecified atom stereocenters. The fourth-order valence-electron chi connectivity index (χ4n) is 3.12. The van der Waals surface area contributed by atoms with Crippen LogP contribution in [-0.2, 0) is 9.84 Å². The van der Waals surface area contributed by atoms with Crippen LogP contribution in [0.25, 0.3) is 0 Å². The zero-order chi connectivity index (χ0) is 20.6. The normalized spacial score (nSPS) is 18.4. The molecule has 28 heavy (non-hydrogen) atoms. The highest BCUT2D eigenvalue weighted by atomic mass is 32.2. The highest BCUT2D eigenvalue weighted by molar-refractivity contribution is 7.91. The van der Waals surface area contributed by atoms with Crippen molar-refractivity contribution in [2.75, 3.05) is 11.5 Å². The zero-order valence-corrected chi connectivity index (χ0v) is 15.5. The van der Waals surface area contributed by atoms with Gasteiger partial charge < -0.3 is 5.11 Å². The summed E-state index contributed by atoms with van der Waals surface area (Å²) in [5, 5.41) is 19.9. The third-order valence-corrected chi connectivity index (χ3v) is 6.36. The van der Waals surface area contributed by atoms with Crippen molar-refractivity contribution in [2.24, 2.45) is 4.99 Å². The lowest BCUT2D eigenvalue weighted by atomic mass is 10.0. The molecular weight excluding hydrogens is 392 g/mol. The Kier molecular flexibility index (Phi) is 5.04. The number of sulfone groups is 1. The molecule has 2 aromatic rings. The number of hydrogen-bond donors (Lipinski definition) is 1. The third kappa shape index (κ3) is 3.53. The lowest BCUT2D eigenvalue weighted by Crippen LogP contribution is -2.29. The number of nitrogens with zero attached hydrogens (tertiary/aromatic N) is 3. The molecule has 1 atom stereocenters. The molecule has 1 aromatic carbocycles. The highest BCUT2D eigenvalue weighted by Crippen LogP contribution is 2.30. The molecule has 1 saturated heterocycles. The Morgan fingerprint density at radius 2 is 2.07 bits per heavy atom. The van der Waals surface area contributed by atoms with E-state index in [1.54, 1.807) is 6.07 Å². The molecule has 0 aliphatic carbocycles. The fraction of sp³-hybridized carbons (Fsp3) is 0.278. The van der Waals surface area contributed by atoms with Crippen molar-refractivity contribution in [1.82, 2.24) is 4.57 Å². The zero-order valence-electron chi connectivity index (χ0n) is 14.7. The molecule has 1 fully saturated rings. The molecule has 0 spiro atoms. The summed E-state index contributed by atoms with van der Waals surface area (Å²) >= 11 is 0. The van der Waals surface area contributed by atoms with Gasteiger partial charge in [-0.25, -0.2) is 17.2 Å². The molecule has 3 rings (SSSR count). The molecule has 0 amide bonds. The van der Waals surface area contributed by atoms with Gasteiger partial charge in [0.2, 0.25) is 5.88 Å². The summed E-state index contributed by atoms with van der Waals surface area (Å²) in [6.45, 7) is 1.43. The molecule has 0 radical (unpaired) electrons. The average molecular weight is 407 g/mol. The first-order valence-corrected chi connectivity index (χ1v) is 10.0. The summed E-state index contributed by atoms with van der Waals surface area (Å²) in [7, 11) is -3.35. The van der Waals surface area contributed by atoms with Crippen molar-refractivity contribution < 1.29 is 22.3 Å². The first kappa shape index (κ1) is 19.7. The fourth-order valence-corrected chi connectivity index (χ4v) is 4.82. The number of benzene rings is 1. The van der Waals surface area contributed by atoms with Crippen LogP contribution in [0.5, 0.6) is 5.88 Å². The molecule has 1 aliphatic rings. The van der Waals surface area contributed by atoms with E-state index in [1.807, 2.05) is 0 Å². The minimum Gasteiger partial charge on any atom is -0.494 e. The van der Waals surface area contributed by atoms with E-state index in [9.17, 15) is 32.4 Å². The van der Waals surface area contributed by atoms with Crippen LogP contribution in [0.2, 0.25) is 0 Å². The van der Waals surface area contributed by atoms with Gasteiger partial charge in [-0.05, 0) is 31.0 Å². The van der Waals surface area contributed by atoms with Gasteiger partial charge >= 0.3 is 0 Å². The van der Waals surface area contributed by atoms with Crippen molar-refractivity contribution in [1.29, 1.82) is 5.26 Å². The van der Waals surface area contributed by atoms with E-state index in [1.165, 1.54) is 13.0 Å². The monoisotopic (exact) mass is 407 g/mol. The topological polar surface area (TPSA) is 113 Å².